The lowest BCUT2D eigenvalue weighted by atomic mass is 9.92. The normalized spacial score (nSPS) is 18.4. The van der Waals surface area contributed by atoms with Crippen LogP contribution in [0.4, 0.5) is 16.2 Å². The standard InChI is InChI=1S/C26H44N4O2/c1-6-19-29(4)20-9-7-8-10-21-32-25-17-15-24(16-18-25)30(5)26(31)27-22-11-13-23(14-12-22)28(2)3/h6,11-14,24-25H,1,7-10,15-21H2,2-5H3,(H,27,31). The monoisotopic (exact) mass is 444 g/mol. The minimum Gasteiger partial charge on any atom is -0.378 e. The van der Waals surface area contributed by atoms with Crippen LogP contribution in [0.1, 0.15) is 51.4 Å². The predicted octanol–water partition coefficient (Wildman–Crippen LogP) is 5.22. The maximum Gasteiger partial charge on any atom is 0.321 e. The highest BCUT2D eigenvalue weighted by atomic mass is 16.5. The molecule has 1 saturated carbocycles. The Hall–Kier alpha value is -2.05. The van der Waals surface area contributed by atoms with Gasteiger partial charge in [-0.25, -0.2) is 4.79 Å². The van der Waals surface area contributed by atoms with Gasteiger partial charge in [-0.2, -0.15) is 0 Å². The Kier molecular flexibility index (Phi) is 11.6. The average molecular weight is 445 g/mol. The van der Waals surface area contributed by atoms with Gasteiger partial charge in [-0.3, -0.25) is 0 Å². The number of unbranched alkanes of at least 4 members (excludes halogenated alkanes) is 3. The van der Waals surface area contributed by atoms with Crippen molar-refractivity contribution < 1.29 is 9.53 Å². The molecule has 0 saturated heterocycles. The van der Waals surface area contributed by atoms with Crippen molar-refractivity contribution in [3.8, 4) is 0 Å². The summed E-state index contributed by atoms with van der Waals surface area (Å²) in [5, 5.41) is 3.02. The van der Waals surface area contributed by atoms with Crippen LogP contribution in [0.15, 0.2) is 36.9 Å². The second-order valence-corrected chi connectivity index (χ2v) is 9.25. The van der Waals surface area contributed by atoms with Gasteiger partial charge in [-0.05, 0) is 76.4 Å². The molecule has 0 spiro atoms. The Morgan fingerprint density at radius 1 is 1.03 bits per heavy atom. The topological polar surface area (TPSA) is 48.1 Å². The van der Waals surface area contributed by atoms with Crippen LogP contribution >= 0.6 is 0 Å². The van der Waals surface area contributed by atoms with Crippen molar-refractivity contribution in [2.45, 2.75) is 63.5 Å². The molecule has 1 aromatic carbocycles. The minimum absolute atomic E-state index is 0.0364. The van der Waals surface area contributed by atoms with Crippen molar-refractivity contribution in [2.24, 2.45) is 0 Å². The zero-order chi connectivity index (χ0) is 23.3. The maximum absolute atomic E-state index is 12.7. The molecule has 0 radical (unpaired) electrons. The Balaban J connectivity index is 1.58. The van der Waals surface area contributed by atoms with Crippen LogP contribution in [-0.2, 0) is 4.74 Å². The van der Waals surface area contributed by atoms with Crippen LogP contribution in [0.25, 0.3) is 0 Å². The summed E-state index contributed by atoms with van der Waals surface area (Å²) in [5.41, 5.74) is 1.95. The molecule has 180 valence electrons. The molecule has 32 heavy (non-hydrogen) atoms. The zero-order valence-electron chi connectivity index (χ0n) is 20.7. The summed E-state index contributed by atoms with van der Waals surface area (Å²) < 4.78 is 6.12. The number of likely N-dealkylation sites (N-methyl/N-ethyl adjacent to an activating group) is 1. The number of urea groups is 1. The summed E-state index contributed by atoms with van der Waals surface area (Å²) in [6, 6.07) is 8.17. The third-order valence-corrected chi connectivity index (χ3v) is 6.38. The van der Waals surface area contributed by atoms with Crippen LogP contribution < -0.4 is 10.2 Å². The number of amides is 2. The van der Waals surface area contributed by atoms with E-state index in [1.165, 1.54) is 19.3 Å². The van der Waals surface area contributed by atoms with Gasteiger partial charge in [0.2, 0.25) is 0 Å². The van der Waals surface area contributed by atoms with E-state index in [1.54, 1.807) is 0 Å². The van der Waals surface area contributed by atoms with Gasteiger partial charge < -0.3 is 24.8 Å². The molecule has 0 aromatic heterocycles. The first-order valence-corrected chi connectivity index (χ1v) is 12.1. The molecule has 1 aliphatic rings. The molecule has 0 aliphatic heterocycles. The SMILES string of the molecule is C=CCN(C)CCCCCCOC1CCC(N(C)C(=O)Nc2ccc(N(C)C)cc2)CC1. The van der Waals surface area contributed by atoms with Crippen LogP contribution in [0, 0.1) is 0 Å². The summed E-state index contributed by atoms with van der Waals surface area (Å²) >= 11 is 0. The van der Waals surface area contributed by atoms with Gasteiger partial charge in [0.15, 0.2) is 0 Å². The molecule has 1 aliphatic carbocycles. The van der Waals surface area contributed by atoms with Crippen molar-refractivity contribution in [2.75, 3.05) is 58.1 Å². The van der Waals surface area contributed by atoms with Crippen LogP contribution in [0.2, 0.25) is 0 Å². The maximum atomic E-state index is 12.7. The van der Waals surface area contributed by atoms with Crippen molar-refractivity contribution in [3.63, 3.8) is 0 Å². The number of ether oxygens (including phenoxy) is 1. The van der Waals surface area contributed by atoms with E-state index in [9.17, 15) is 4.79 Å². The fraction of sp³-hybridized carbons (Fsp3) is 0.654. The number of rotatable bonds is 13. The summed E-state index contributed by atoms with van der Waals surface area (Å²) in [4.78, 5) is 18.9. The van der Waals surface area contributed by atoms with Crippen LogP contribution in [0.5, 0.6) is 0 Å². The largest absolute Gasteiger partial charge is 0.378 e. The smallest absolute Gasteiger partial charge is 0.321 e. The van der Waals surface area contributed by atoms with Crippen molar-refractivity contribution in [3.05, 3.63) is 36.9 Å². The highest BCUT2D eigenvalue weighted by Gasteiger charge is 2.27. The minimum atomic E-state index is -0.0364. The summed E-state index contributed by atoms with van der Waals surface area (Å²) in [6.07, 6.45) is 11.2. The van der Waals surface area contributed by atoms with Crippen molar-refractivity contribution in [1.82, 2.24) is 9.80 Å². The molecule has 6 heteroatoms. The van der Waals surface area contributed by atoms with Gasteiger partial charge in [-0.1, -0.05) is 18.9 Å². The number of benzene rings is 1. The molecule has 0 heterocycles. The fourth-order valence-corrected chi connectivity index (χ4v) is 4.22. The number of hydrogen-bond donors (Lipinski definition) is 1. The number of anilines is 2. The van der Waals surface area contributed by atoms with E-state index >= 15 is 0 Å². The highest BCUT2D eigenvalue weighted by molar-refractivity contribution is 5.89. The van der Waals surface area contributed by atoms with Crippen LogP contribution in [0.3, 0.4) is 0 Å². The molecule has 2 amide bonds. The van der Waals surface area contributed by atoms with E-state index < -0.39 is 0 Å². The highest BCUT2D eigenvalue weighted by Crippen LogP contribution is 2.25. The lowest BCUT2D eigenvalue weighted by molar-refractivity contribution is 0.0130. The van der Waals surface area contributed by atoms with E-state index in [2.05, 4.69) is 23.8 Å². The molecular formula is C26H44N4O2. The fourth-order valence-electron chi connectivity index (χ4n) is 4.22. The second-order valence-electron chi connectivity index (χ2n) is 9.25. The van der Waals surface area contributed by atoms with Gasteiger partial charge in [-0.15, -0.1) is 6.58 Å². The van der Waals surface area contributed by atoms with Gasteiger partial charge in [0, 0.05) is 51.7 Å². The Bertz CT molecular complexity index is 669. The lowest BCUT2D eigenvalue weighted by Crippen LogP contribution is -2.42. The van der Waals surface area contributed by atoms with Crippen molar-refractivity contribution in [1.29, 1.82) is 0 Å². The molecule has 6 nitrogen and oxygen atoms in total. The molecule has 1 fully saturated rings. The Morgan fingerprint density at radius 3 is 2.31 bits per heavy atom. The van der Waals surface area contributed by atoms with E-state index in [4.69, 9.17) is 4.74 Å². The van der Waals surface area contributed by atoms with Crippen molar-refractivity contribution >= 4 is 17.4 Å². The number of hydrogen-bond acceptors (Lipinski definition) is 4. The van der Waals surface area contributed by atoms with Gasteiger partial charge >= 0.3 is 6.03 Å². The van der Waals surface area contributed by atoms with E-state index in [1.807, 2.05) is 61.3 Å². The van der Waals surface area contributed by atoms with Gasteiger partial charge in [0.25, 0.3) is 0 Å². The Labute approximate surface area is 195 Å². The second kappa shape index (κ2) is 14.2. The number of carbonyl (C=O) groups is 1. The molecule has 2 rings (SSSR count). The molecule has 0 unspecified atom stereocenters. The van der Waals surface area contributed by atoms with E-state index in [-0.39, 0.29) is 12.1 Å². The number of carbonyl (C=O) groups excluding carboxylic acids is 1. The molecular weight excluding hydrogens is 400 g/mol. The average Bonchev–Trinajstić information content (AvgIpc) is 2.79. The summed E-state index contributed by atoms with van der Waals surface area (Å²) in [6.45, 7) is 6.74. The first kappa shape index (κ1) is 26.2. The molecule has 1 aromatic rings. The van der Waals surface area contributed by atoms with Crippen LogP contribution in [-0.4, -0.2) is 75.9 Å². The quantitative estimate of drug-likeness (QED) is 0.335. The first-order chi connectivity index (χ1) is 15.4. The van der Waals surface area contributed by atoms with E-state index in [0.717, 1.165) is 63.2 Å². The molecule has 1 N–H and O–H groups in total. The molecule has 0 atom stereocenters. The summed E-state index contributed by atoms with van der Waals surface area (Å²) in [7, 11) is 8.06. The predicted molar refractivity (Wildman–Crippen MR) is 136 cm³/mol. The number of nitrogens with zero attached hydrogens (tertiary/aromatic N) is 3. The third kappa shape index (κ3) is 9.21. The molecule has 0 bridgehead atoms. The third-order valence-electron chi connectivity index (χ3n) is 6.38. The van der Waals surface area contributed by atoms with Gasteiger partial charge in [0.05, 0.1) is 6.10 Å². The van der Waals surface area contributed by atoms with Gasteiger partial charge in [0.1, 0.15) is 0 Å². The Morgan fingerprint density at radius 2 is 1.69 bits per heavy atom. The zero-order valence-corrected chi connectivity index (χ0v) is 20.7. The first-order valence-electron chi connectivity index (χ1n) is 12.1. The van der Waals surface area contributed by atoms with E-state index in [0.29, 0.717) is 6.10 Å². The lowest BCUT2D eigenvalue weighted by Gasteiger charge is -2.34. The number of nitrogens with one attached hydrogen (secondary N) is 1. The summed E-state index contributed by atoms with van der Waals surface area (Å²) in [5.74, 6) is 0.